The number of ether oxygens (including phenoxy) is 2. The molecule has 6 nitrogen and oxygen atoms in total. The molecule has 0 aliphatic rings. The zero-order valence-corrected chi connectivity index (χ0v) is 16.6. The van der Waals surface area contributed by atoms with Crippen molar-refractivity contribution in [1.29, 1.82) is 0 Å². The largest absolute Gasteiger partial charge is 0.464 e. The van der Waals surface area contributed by atoms with Crippen molar-refractivity contribution in [3.05, 3.63) is 66.5 Å². The molecule has 0 aliphatic heterocycles. The molecule has 0 fully saturated rings. The van der Waals surface area contributed by atoms with E-state index in [4.69, 9.17) is 9.47 Å². The van der Waals surface area contributed by atoms with Crippen LogP contribution in [0.5, 0.6) is 11.5 Å². The summed E-state index contributed by atoms with van der Waals surface area (Å²) in [7, 11) is 0. The van der Waals surface area contributed by atoms with Crippen LogP contribution in [-0.2, 0) is 9.53 Å². The van der Waals surface area contributed by atoms with E-state index in [2.05, 4.69) is 10.3 Å². The Hall–Kier alpha value is -3.15. The molecule has 0 saturated heterocycles. The molecule has 1 aromatic heterocycles. The maximum atomic E-state index is 12.6. The third-order valence-corrected chi connectivity index (χ3v) is 3.60. The number of pyridine rings is 1. The van der Waals surface area contributed by atoms with Crippen molar-refractivity contribution in [3.8, 4) is 11.5 Å². The molecule has 1 amide bonds. The highest BCUT2D eigenvalue weighted by Gasteiger charge is 2.21. The normalized spacial score (nSPS) is 12.4. The van der Waals surface area contributed by atoms with Gasteiger partial charge in [0.1, 0.15) is 17.5 Å². The summed E-state index contributed by atoms with van der Waals surface area (Å²) in [5.41, 5.74) is 0.290. The minimum Gasteiger partial charge on any atom is -0.464 e. The Morgan fingerprint density at radius 2 is 1.86 bits per heavy atom. The number of hydrogen-bond acceptors (Lipinski definition) is 5. The lowest BCUT2D eigenvalue weighted by Gasteiger charge is -2.17. The molecule has 1 aromatic carbocycles. The number of allylic oxidation sites excluding steroid dienone is 1. The topological polar surface area (TPSA) is 77.5 Å². The van der Waals surface area contributed by atoms with E-state index < -0.39 is 12.0 Å². The number of amides is 1. The molecule has 0 spiro atoms. The third kappa shape index (κ3) is 6.87. The Kier molecular flexibility index (Phi) is 7.32. The SMILES string of the molecule is CCOC(=O)C(/C=C/C(C)(C)C)NC(=O)c1ccc(Oc2cccnc2)cc1. The molecule has 1 unspecified atom stereocenters. The molecular weight excluding hydrogens is 356 g/mol. The second-order valence-corrected chi connectivity index (χ2v) is 7.24. The molecule has 0 radical (unpaired) electrons. The predicted octanol–water partition coefficient (Wildman–Crippen LogP) is 4.14. The highest BCUT2D eigenvalue weighted by molar-refractivity contribution is 5.97. The molecule has 1 N–H and O–H groups in total. The zero-order chi connectivity index (χ0) is 20.6. The van der Waals surface area contributed by atoms with Crippen LogP contribution in [0, 0.1) is 5.41 Å². The van der Waals surface area contributed by atoms with Crippen molar-refractivity contribution in [1.82, 2.24) is 10.3 Å². The first kappa shape index (κ1) is 21.2. The molecule has 2 rings (SSSR count). The van der Waals surface area contributed by atoms with Crippen molar-refractivity contribution >= 4 is 11.9 Å². The van der Waals surface area contributed by atoms with Gasteiger partial charge in [0.05, 0.1) is 12.8 Å². The number of carbonyl (C=O) groups is 2. The molecule has 1 atom stereocenters. The van der Waals surface area contributed by atoms with Gasteiger partial charge in [-0.3, -0.25) is 9.78 Å². The highest BCUT2D eigenvalue weighted by atomic mass is 16.5. The lowest BCUT2D eigenvalue weighted by Crippen LogP contribution is -2.40. The molecule has 28 heavy (non-hydrogen) atoms. The fourth-order valence-corrected chi connectivity index (χ4v) is 2.25. The number of esters is 1. The fraction of sp³-hybridized carbons (Fsp3) is 0.318. The smallest absolute Gasteiger partial charge is 0.332 e. The average Bonchev–Trinajstić information content (AvgIpc) is 2.66. The van der Waals surface area contributed by atoms with Crippen molar-refractivity contribution in [2.75, 3.05) is 6.61 Å². The number of rotatable bonds is 7. The summed E-state index contributed by atoms with van der Waals surface area (Å²) in [5, 5.41) is 2.71. The zero-order valence-electron chi connectivity index (χ0n) is 16.6. The van der Waals surface area contributed by atoms with Crippen molar-refractivity contribution < 1.29 is 19.1 Å². The Morgan fingerprint density at radius 1 is 1.14 bits per heavy atom. The summed E-state index contributed by atoms with van der Waals surface area (Å²) in [6.07, 6.45) is 6.80. The van der Waals surface area contributed by atoms with E-state index in [1.54, 1.807) is 61.8 Å². The van der Waals surface area contributed by atoms with Gasteiger partial charge in [0.2, 0.25) is 0 Å². The molecule has 148 valence electrons. The Balaban J connectivity index is 2.07. The molecule has 1 heterocycles. The first-order valence-electron chi connectivity index (χ1n) is 9.13. The average molecular weight is 382 g/mol. The quantitative estimate of drug-likeness (QED) is 0.575. The standard InChI is InChI=1S/C22H26N2O4/c1-5-27-21(26)19(12-13-22(2,3)4)24-20(25)16-8-10-17(11-9-16)28-18-7-6-14-23-15-18/h6-15,19H,5H2,1-4H3,(H,24,25)/b13-12+. The molecular formula is C22H26N2O4. The second kappa shape index (κ2) is 9.69. The van der Waals surface area contributed by atoms with Crippen LogP contribution < -0.4 is 10.1 Å². The van der Waals surface area contributed by atoms with Crippen LogP contribution in [0.3, 0.4) is 0 Å². The van der Waals surface area contributed by atoms with Gasteiger partial charge in [-0.2, -0.15) is 0 Å². The van der Waals surface area contributed by atoms with E-state index in [0.717, 1.165) is 0 Å². The number of hydrogen-bond donors (Lipinski definition) is 1. The highest BCUT2D eigenvalue weighted by Crippen LogP contribution is 2.20. The van der Waals surface area contributed by atoms with Gasteiger partial charge in [0.25, 0.3) is 5.91 Å². The van der Waals surface area contributed by atoms with Crippen LogP contribution in [-0.4, -0.2) is 29.5 Å². The van der Waals surface area contributed by atoms with Crippen LogP contribution in [0.4, 0.5) is 0 Å². The van der Waals surface area contributed by atoms with Crippen LogP contribution in [0.15, 0.2) is 60.9 Å². The van der Waals surface area contributed by atoms with Crippen LogP contribution >= 0.6 is 0 Å². The Labute approximate surface area is 165 Å². The van der Waals surface area contributed by atoms with Crippen molar-refractivity contribution in [2.45, 2.75) is 33.7 Å². The second-order valence-electron chi connectivity index (χ2n) is 7.24. The van der Waals surface area contributed by atoms with Crippen LogP contribution in [0.1, 0.15) is 38.1 Å². The van der Waals surface area contributed by atoms with E-state index in [1.165, 1.54) is 0 Å². The molecule has 0 saturated carbocycles. The van der Waals surface area contributed by atoms with Gasteiger partial charge in [-0.25, -0.2) is 4.79 Å². The summed E-state index contributed by atoms with van der Waals surface area (Å²) in [6.45, 7) is 8.00. The van der Waals surface area contributed by atoms with Gasteiger partial charge in [-0.05, 0) is 48.7 Å². The Morgan fingerprint density at radius 3 is 2.43 bits per heavy atom. The van der Waals surface area contributed by atoms with E-state index >= 15 is 0 Å². The van der Waals surface area contributed by atoms with Crippen molar-refractivity contribution in [3.63, 3.8) is 0 Å². The first-order chi connectivity index (χ1) is 13.3. The van der Waals surface area contributed by atoms with Crippen LogP contribution in [0.25, 0.3) is 0 Å². The van der Waals surface area contributed by atoms with Gasteiger partial charge < -0.3 is 14.8 Å². The molecule has 2 aromatic rings. The minimum atomic E-state index is -0.849. The Bertz CT molecular complexity index is 809. The maximum Gasteiger partial charge on any atom is 0.332 e. The lowest BCUT2D eigenvalue weighted by atomic mass is 9.95. The van der Waals surface area contributed by atoms with Crippen LogP contribution in [0.2, 0.25) is 0 Å². The number of nitrogens with one attached hydrogen (secondary N) is 1. The van der Waals surface area contributed by atoms with E-state index in [-0.39, 0.29) is 17.9 Å². The summed E-state index contributed by atoms with van der Waals surface area (Å²) in [4.78, 5) is 28.7. The fourth-order valence-electron chi connectivity index (χ4n) is 2.25. The van der Waals surface area contributed by atoms with Gasteiger partial charge in [-0.1, -0.05) is 32.9 Å². The van der Waals surface area contributed by atoms with E-state index in [1.807, 2.05) is 26.8 Å². The summed E-state index contributed by atoms with van der Waals surface area (Å²) in [6, 6.07) is 9.36. The van der Waals surface area contributed by atoms with Gasteiger partial charge in [-0.15, -0.1) is 0 Å². The monoisotopic (exact) mass is 382 g/mol. The summed E-state index contributed by atoms with van der Waals surface area (Å²) in [5.74, 6) is 0.325. The molecule has 0 aliphatic carbocycles. The maximum absolute atomic E-state index is 12.6. The van der Waals surface area contributed by atoms with Crippen molar-refractivity contribution in [2.24, 2.45) is 5.41 Å². The number of nitrogens with zero attached hydrogens (tertiary/aromatic N) is 1. The summed E-state index contributed by atoms with van der Waals surface area (Å²) < 4.78 is 10.7. The van der Waals surface area contributed by atoms with E-state index in [9.17, 15) is 9.59 Å². The first-order valence-corrected chi connectivity index (χ1v) is 9.13. The van der Waals surface area contributed by atoms with Gasteiger partial charge in [0, 0.05) is 11.8 Å². The van der Waals surface area contributed by atoms with Gasteiger partial charge in [0.15, 0.2) is 0 Å². The number of carbonyl (C=O) groups excluding carboxylic acids is 2. The molecule has 0 bridgehead atoms. The number of benzene rings is 1. The van der Waals surface area contributed by atoms with E-state index in [0.29, 0.717) is 17.1 Å². The minimum absolute atomic E-state index is 0.124. The van der Waals surface area contributed by atoms with Gasteiger partial charge >= 0.3 is 5.97 Å². The third-order valence-electron chi connectivity index (χ3n) is 3.60. The number of aromatic nitrogens is 1. The lowest BCUT2D eigenvalue weighted by molar-refractivity contribution is -0.144. The molecule has 6 heteroatoms. The summed E-state index contributed by atoms with van der Waals surface area (Å²) >= 11 is 0. The predicted molar refractivity (Wildman–Crippen MR) is 107 cm³/mol.